The van der Waals surface area contributed by atoms with Crippen LogP contribution in [-0.2, 0) is 9.53 Å². The number of anilines is 1. The molecule has 2 aromatic rings. The molecule has 112 valence electrons. The fraction of sp³-hybridized carbons (Fsp3) is 0.333. The zero-order valence-electron chi connectivity index (χ0n) is 12.1. The van der Waals surface area contributed by atoms with Crippen molar-refractivity contribution in [2.45, 2.75) is 26.4 Å². The Kier molecular flexibility index (Phi) is 4.18. The lowest BCUT2D eigenvalue weighted by Crippen LogP contribution is -2.24. The van der Waals surface area contributed by atoms with Gasteiger partial charge in [-0.2, -0.15) is 0 Å². The van der Waals surface area contributed by atoms with Gasteiger partial charge < -0.3 is 15.2 Å². The van der Waals surface area contributed by atoms with E-state index in [1.54, 1.807) is 20.8 Å². The second-order valence-corrected chi connectivity index (χ2v) is 6.60. The van der Waals surface area contributed by atoms with Crippen LogP contribution in [0.4, 0.5) is 5.00 Å². The van der Waals surface area contributed by atoms with Gasteiger partial charge in [-0.1, -0.05) is 18.2 Å². The summed E-state index contributed by atoms with van der Waals surface area (Å²) in [6, 6.07) is 7.43. The first-order valence-corrected chi connectivity index (χ1v) is 7.30. The van der Waals surface area contributed by atoms with Gasteiger partial charge in [0.25, 0.3) is 0 Å². The number of rotatable bonds is 4. The van der Waals surface area contributed by atoms with Crippen LogP contribution in [0, 0.1) is 0 Å². The molecule has 1 aromatic heterocycles. The average molecular weight is 307 g/mol. The third-order valence-electron chi connectivity index (χ3n) is 2.60. The summed E-state index contributed by atoms with van der Waals surface area (Å²) in [6.45, 7) is 5.14. The van der Waals surface area contributed by atoms with E-state index in [0.717, 1.165) is 10.1 Å². The van der Waals surface area contributed by atoms with E-state index >= 15 is 0 Å². The molecule has 0 aliphatic rings. The Morgan fingerprint density at radius 3 is 2.57 bits per heavy atom. The van der Waals surface area contributed by atoms with Crippen LogP contribution in [0.15, 0.2) is 24.3 Å². The summed E-state index contributed by atoms with van der Waals surface area (Å²) in [7, 11) is 0. The minimum atomic E-state index is -0.984. The predicted octanol–water partition coefficient (Wildman–Crippen LogP) is 3.35. The van der Waals surface area contributed by atoms with Gasteiger partial charge in [0.05, 0.1) is 0 Å². The van der Waals surface area contributed by atoms with E-state index in [0.29, 0.717) is 10.6 Å². The Morgan fingerprint density at radius 2 is 1.95 bits per heavy atom. The van der Waals surface area contributed by atoms with Gasteiger partial charge in [-0.25, -0.2) is 4.79 Å². The van der Waals surface area contributed by atoms with Crippen molar-refractivity contribution in [3.8, 4) is 0 Å². The van der Waals surface area contributed by atoms with Crippen molar-refractivity contribution in [3.05, 3.63) is 29.8 Å². The van der Waals surface area contributed by atoms with Gasteiger partial charge in [-0.15, -0.1) is 11.3 Å². The van der Waals surface area contributed by atoms with Gasteiger partial charge in [0, 0.05) is 10.1 Å². The van der Waals surface area contributed by atoms with Crippen LogP contribution in [0.25, 0.3) is 10.1 Å². The van der Waals surface area contributed by atoms with Crippen LogP contribution in [0.5, 0.6) is 0 Å². The Labute approximate surface area is 126 Å². The molecule has 0 spiro atoms. The SMILES string of the molecule is CC(C)(C)OC(=O)c1c(NCC(=O)O)sc2ccccc12. The molecule has 0 radical (unpaired) electrons. The minimum Gasteiger partial charge on any atom is -0.480 e. The third-order valence-corrected chi connectivity index (χ3v) is 3.73. The molecule has 0 amide bonds. The van der Waals surface area contributed by atoms with Crippen molar-refractivity contribution in [1.29, 1.82) is 0 Å². The summed E-state index contributed by atoms with van der Waals surface area (Å²) in [6.07, 6.45) is 0. The lowest BCUT2D eigenvalue weighted by molar-refractivity contribution is -0.134. The van der Waals surface area contributed by atoms with Gasteiger partial charge in [-0.3, -0.25) is 4.79 Å². The second-order valence-electron chi connectivity index (χ2n) is 5.55. The van der Waals surface area contributed by atoms with E-state index < -0.39 is 17.5 Å². The smallest absolute Gasteiger partial charge is 0.342 e. The maximum absolute atomic E-state index is 12.4. The molecule has 0 aliphatic carbocycles. The number of carboxylic acid groups (broad SMARTS) is 1. The first-order chi connectivity index (χ1) is 9.78. The van der Waals surface area contributed by atoms with E-state index in [-0.39, 0.29) is 6.54 Å². The van der Waals surface area contributed by atoms with E-state index in [2.05, 4.69) is 5.32 Å². The molecule has 2 N–H and O–H groups in total. The molecule has 0 fully saturated rings. The van der Waals surface area contributed by atoms with Crippen molar-refractivity contribution in [3.63, 3.8) is 0 Å². The number of carbonyl (C=O) groups is 2. The third kappa shape index (κ3) is 3.72. The molecule has 2 rings (SSSR count). The fourth-order valence-electron chi connectivity index (χ4n) is 1.86. The highest BCUT2D eigenvalue weighted by molar-refractivity contribution is 7.23. The molecule has 0 saturated carbocycles. The predicted molar refractivity (Wildman–Crippen MR) is 83.1 cm³/mol. The topological polar surface area (TPSA) is 75.6 Å². The van der Waals surface area contributed by atoms with Crippen molar-refractivity contribution in [2.24, 2.45) is 0 Å². The Bertz CT molecular complexity index is 685. The van der Waals surface area contributed by atoms with Crippen LogP contribution in [0.1, 0.15) is 31.1 Å². The van der Waals surface area contributed by atoms with E-state index in [4.69, 9.17) is 9.84 Å². The van der Waals surface area contributed by atoms with E-state index in [1.807, 2.05) is 24.3 Å². The number of hydrogen-bond donors (Lipinski definition) is 2. The highest BCUT2D eigenvalue weighted by atomic mass is 32.1. The highest BCUT2D eigenvalue weighted by Crippen LogP contribution is 2.36. The van der Waals surface area contributed by atoms with Crippen molar-refractivity contribution in [1.82, 2.24) is 0 Å². The first-order valence-electron chi connectivity index (χ1n) is 6.48. The molecule has 1 aromatic carbocycles. The molecule has 21 heavy (non-hydrogen) atoms. The monoisotopic (exact) mass is 307 g/mol. The summed E-state index contributed by atoms with van der Waals surface area (Å²) >= 11 is 1.34. The Morgan fingerprint density at radius 1 is 1.29 bits per heavy atom. The molecule has 0 unspecified atom stereocenters. The van der Waals surface area contributed by atoms with E-state index in [1.165, 1.54) is 11.3 Å². The van der Waals surface area contributed by atoms with Gasteiger partial charge in [-0.05, 0) is 26.8 Å². The van der Waals surface area contributed by atoms with Gasteiger partial charge in [0.15, 0.2) is 0 Å². The molecular weight excluding hydrogens is 290 g/mol. The van der Waals surface area contributed by atoms with Crippen molar-refractivity contribution < 1.29 is 19.4 Å². The number of aliphatic carboxylic acids is 1. The highest BCUT2D eigenvalue weighted by Gasteiger charge is 2.24. The number of nitrogens with one attached hydrogen (secondary N) is 1. The number of esters is 1. The normalized spacial score (nSPS) is 11.4. The standard InChI is InChI=1S/C15H17NO4S/c1-15(2,3)20-14(19)12-9-6-4-5-7-10(9)21-13(12)16-8-11(17)18/h4-7,16H,8H2,1-3H3,(H,17,18). The number of carboxylic acids is 1. The molecule has 0 bridgehead atoms. The number of ether oxygens (including phenoxy) is 1. The Hall–Kier alpha value is -2.08. The summed E-state index contributed by atoms with van der Waals surface area (Å²) in [5.41, 5.74) is -0.212. The zero-order chi connectivity index (χ0) is 15.6. The number of benzene rings is 1. The quantitative estimate of drug-likeness (QED) is 0.847. The van der Waals surface area contributed by atoms with Gasteiger partial charge >= 0.3 is 11.9 Å². The lowest BCUT2D eigenvalue weighted by atomic mass is 10.1. The molecular formula is C15H17NO4S. The average Bonchev–Trinajstić information content (AvgIpc) is 2.72. The molecule has 5 nitrogen and oxygen atoms in total. The van der Waals surface area contributed by atoms with Crippen LogP contribution in [0.3, 0.4) is 0 Å². The van der Waals surface area contributed by atoms with Crippen molar-refractivity contribution in [2.75, 3.05) is 11.9 Å². The Balaban J connectivity index is 2.44. The largest absolute Gasteiger partial charge is 0.480 e. The number of hydrogen-bond acceptors (Lipinski definition) is 5. The molecule has 0 aliphatic heterocycles. The van der Waals surface area contributed by atoms with Gasteiger partial charge in [0.1, 0.15) is 22.7 Å². The van der Waals surface area contributed by atoms with Crippen LogP contribution in [0.2, 0.25) is 0 Å². The molecule has 0 saturated heterocycles. The number of thiophene rings is 1. The number of fused-ring (bicyclic) bond motifs is 1. The van der Waals surface area contributed by atoms with Gasteiger partial charge in [0.2, 0.25) is 0 Å². The van der Waals surface area contributed by atoms with Crippen LogP contribution in [-0.4, -0.2) is 29.2 Å². The van der Waals surface area contributed by atoms with Crippen LogP contribution >= 0.6 is 11.3 Å². The lowest BCUT2D eigenvalue weighted by Gasteiger charge is -2.19. The van der Waals surface area contributed by atoms with E-state index in [9.17, 15) is 9.59 Å². The molecule has 6 heteroatoms. The van der Waals surface area contributed by atoms with Crippen molar-refractivity contribution >= 4 is 38.4 Å². The second kappa shape index (κ2) is 5.73. The fourth-order valence-corrected chi connectivity index (χ4v) is 2.94. The zero-order valence-corrected chi connectivity index (χ0v) is 12.9. The number of carbonyl (C=O) groups excluding carboxylic acids is 1. The first kappa shape index (κ1) is 15.3. The maximum atomic E-state index is 12.4. The summed E-state index contributed by atoms with van der Waals surface area (Å²) in [4.78, 5) is 23.1. The summed E-state index contributed by atoms with van der Waals surface area (Å²) in [5.74, 6) is -1.43. The molecule has 0 atom stereocenters. The maximum Gasteiger partial charge on any atom is 0.342 e. The minimum absolute atomic E-state index is 0.247. The summed E-state index contributed by atoms with van der Waals surface area (Å²) in [5, 5.41) is 12.9. The summed E-state index contributed by atoms with van der Waals surface area (Å²) < 4.78 is 6.33. The molecule has 1 heterocycles. The van der Waals surface area contributed by atoms with Crippen LogP contribution < -0.4 is 5.32 Å².